The summed E-state index contributed by atoms with van der Waals surface area (Å²) in [6.07, 6.45) is 4.28. The highest BCUT2D eigenvalue weighted by molar-refractivity contribution is 6.20. The molecule has 0 saturated carbocycles. The Kier molecular flexibility index (Phi) is 4.52. The number of aromatic nitrogens is 6. The predicted octanol–water partition coefficient (Wildman–Crippen LogP) is 2.26. The minimum Gasteiger partial charge on any atom is -0.248 e. The average molecular weight is 283 g/mol. The summed E-state index contributed by atoms with van der Waals surface area (Å²) in [6.45, 7) is 7.74. The molecule has 104 valence electrons. The summed E-state index contributed by atoms with van der Waals surface area (Å²) in [5.74, 6) is 1.41. The fourth-order valence-electron chi connectivity index (χ4n) is 1.80. The number of alkyl halides is 1. The first-order valence-corrected chi connectivity index (χ1v) is 6.94. The van der Waals surface area contributed by atoms with Crippen LogP contribution in [0.5, 0.6) is 0 Å². The monoisotopic (exact) mass is 282 g/mol. The van der Waals surface area contributed by atoms with Crippen molar-refractivity contribution in [1.29, 1.82) is 0 Å². The van der Waals surface area contributed by atoms with E-state index < -0.39 is 0 Å². The molecule has 0 bridgehead atoms. The zero-order valence-electron chi connectivity index (χ0n) is 11.5. The molecule has 2 aromatic rings. The van der Waals surface area contributed by atoms with Crippen molar-refractivity contribution in [2.45, 2.75) is 45.7 Å². The van der Waals surface area contributed by atoms with Crippen molar-refractivity contribution >= 4 is 11.6 Å². The van der Waals surface area contributed by atoms with Gasteiger partial charge in [0, 0.05) is 6.54 Å². The fraction of sp³-hybridized carbons (Fsp3) is 0.667. The van der Waals surface area contributed by atoms with E-state index in [0.717, 1.165) is 24.5 Å². The second-order valence-electron chi connectivity index (χ2n) is 4.97. The van der Waals surface area contributed by atoms with Gasteiger partial charge in [0.2, 0.25) is 0 Å². The van der Waals surface area contributed by atoms with Gasteiger partial charge in [-0.05, 0) is 12.3 Å². The molecule has 2 heterocycles. The maximum absolute atomic E-state index is 6.14. The lowest BCUT2D eigenvalue weighted by Gasteiger charge is -2.08. The van der Waals surface area contributed by atoms with E-state index >= 15 is 0 Å². The molecule has 0 fully saturated rings. The summed E-state index contributed by atoms with van der Waals surface area (Å²) in [4.78, 5) is 4.27. The summed E-state index contributed by atoms with van der Waals surface area (Å²) in [6, 6.07) is 0. The van der Waals surface area contributed by atoms with E-state index in [1.165, 1.54) is 0 Å². The number of nitrogens with zero attached hydrogens (tertiary/aromatic N) is 6. The van der Waals surface area contributed by atoms with Gasteiger partial charge in [-0.1, -0.05) is 26.0 Å². The summed E-state index contributed by atoms with van der Waals surface area (Å²) in [7, 11) is 0. The molecule has 19 heavy (non-hydrogen) atoms. The molecule has 0 aliphatic heterocycles. The number of hydrogen-bond acceptors (Lipinski definition) is 4. The van der Waals surface area contributed by atoms with Crippen LogP contribution in [-0.4, -0.2) is 29.8 Å². The lowest BCUT2D eigenvalue weighted by Crippen LogP contribution is -2.13. The molecule has 0 amide bonds. The molecular formula is C12H19ClN6. The van der Waals surface area contributed by atoms with Crippen molar-refractivity contribution in [3.8, 4) is 0 Å². The van der Waals surface area contributed by atoms with Crippen LogP contribution < -0.4 is 0 Å². The van der Waals surface area contributed by atoms with Crippen molar-refractivity contribution in [2.75, 3.05) is 0 Å². The molecule has 0 N–H and O–H groups in total. The van der Waals surface area contributed by atoms with Crippen LogP contribution in [-0.2, 0) is 13.1 Å². The molecule has 0 aliphatic carbocycles. The maximum atomic E-state index is 6.14. The Labute approximate surface area is 117 Å². The molecule has 6 nitrogen and oxygen atoms in total. The molecule has 0 aliphatic rings. The van der Waals surface area contributed by atoms with E-state index in [4.69, 9.17) is 11.6 Å². The summed E-state index contributed by atoms with van der Waals surface area (Å²) < 4.78 is 3.66. The standard InChI is InChI=1S/C12H19ClN6/c1-4-10(13)11-6-18(17-16-11)7-12-14-8-15-19(12)5-9(2)3/h6,8-10H,4-5,7H2,1-3H3. The second-order valence-corrected chi connectivity index (χ2v) is 5.50. The summed E-state index contributed by atoms with van der Waals surface area (Å²) in [5.41, 5.74) is 0.805. The van der Waals surface area contributed by atoms with Gasteiger partial charge < -0.3 is 0 Å². The molecule has 2 rings (SSSR count). The van der Waals surface area contributed by atoms with E-state index in [-0.39, 0.29) is 5.38 Å². The second kappa shape index (κ2) is 6.14. The van der Waals surface area contributed by atoms with Crippen molar-refractivity contribution in [3.63, 3.8) is 0 Å². The van der Waals surface area contributed by atoms with Gasteiger partial charge in [-0.15, -0.1) is 16.7 Å². The molecule has 0 saturated heterocycles. The van der Waals surface area contributed by atoms with Gasteiger partial charge >= 0.3 is 0 Å². The van der Waals surface area contributed by atoms with Gasteiger partial charge in [-0.2, -0.15) is 5.10 Å². The zero-order valence-corrected chi connectivity index (χ0v) is 12.2. The van der Waals surface area contributed by atoms with Gasteiger partial charge in [0.15, 0.2) is 0 Å². The van der Waals surface area contributed by atoms with Crippen LogP contribution in [0.25, 0.3) is 0 Å². The number of halogens is 1. The minimum atomic E-state index is -0.0812. The Morgan fingerprint density at radius 1 is 1.37 bits per heavy atom. The molecule has 1 atom stereocenters. The lowest BCUT2D eigenvalue weighted by molar-refractivity contribution is 0.455. The first-order chi connectivity index (χ1) is 9.10. The molecule has 0 radical (unpaired) electrons. The van der Waals surface area contributed by atoms with Gasteiger partial charge in [-0.25, -0.2) is 14.3 Å². The third-order valence-electron chi connectivity index (χ3n) is 2.77. The smallest absolute Gasteiger partial charge is 0.148 e. The van der Waals surface area contributed by atoms with Gasteiger partial charge in [0.05, 0.1) is 11.6 Å². The lowest BCUT2D eigenvalue weighted by atomic mass is 10.2. The van der Waals surface area contributed by atoms with Crippen LogP contribution in [0, 0.1) is 5.92 Å². The normalized spacial score (nSPS) is 13.1. The molecule has 1 unspecified atom stereocenters. The van der Waals surface area contributed by atoms with E-state index in [9.17, 15) is 0 Å². The van der Waals surface area contributed by atoms with Crippen LogP contribution in [0.1, 0.15) is 44.1 Å². The Balaban J connectivity index is 2.09. The molecule has 2 aromatic heterocycles. The molecule has 7 heteroatoms. The molecule has 0 spiro atoms. The predicted molar refractivity (Wildman–Crippen MR) is 72.9 cm³/mol. The molecule has 0 aromatic carbocycles. The Bertz CT molecular complexity index is 518. The molecular weight excluding hydrogens is 264 g/mol. The van der Waals surface area contributed by atoms with E-state index in [1.807, 2.05) is 17.8 Å². The average Bonchev–Trinajstić information content (AvgIpc) is 2.99. The largest absolute Gasteiger partial charge is 0.248 e. The number of hydrogen-bond donors (Lipinski definition) is 0. The summed E-state index contributed by atoms with van der Waals surface area (Å²) >= 11 is 6.14. The van der Waals surface area contributed by atoms with Crippen LogP contribution in [0.4, 0.5) is 0 Å². The minimum absolute atomic E-state index is 0.0812. The Hall–Kier alpha value is -1.43. The summed E-state index contributed by atoms with van der Waals surface area (Å²) in [5, 5.41) is 12.3. The van der Waals surface area contributed by atoms with Crippen molar-refractivity contribution in [3.05, 3.63) is 24.0 Å². The van der Waals surface area contributed by atoms with Crippen LogP contribution in [0.15, 0.2) is 12.5 Å². The van der Waals surface area contributed by atoms with Gasteiger partial charge in [-0.3, -0.25) is 0 Å². The zero-order chi connectivity index (χ0) is 13.8. The van der Waals surface area contributed by atoms with Crippen molar-refractivity contribution in [1.82, 2.24) is 29.8 Å². The SMILES string of the molecule is CCC(Cl)c1cn(Cc2ncnn2CC(C)C)nn1. The maximum Gasteiger partial charge on any atom is 0.148 e. The van der Waals surface area contributed by atoms with E-state index in [1.54, 1.807) is 11.0 Å². The van der Waals surface area contributed by atoms with Crippen LogP contribution in [0.2, 0.25) is 0 Å². The highest BCUT2D eigenvalue weighted by atomic mass is 35.5. The Morgan fingerprint density at radius 3 is 2.84 bits per heavy atom. The third kappa shape index (κ3) is 3.53. The highest BCUT2D eigenvalue weighted by Gasteiger charge is 2.12. The van der Waals surface area contributed by atoms with E-state index in [0.29, 0.717) is 12.5 Å². The van der Waals surface area contributed by atoms with Crippen molar-refractivity contribution in [2.24, 2.45) is 5.92 Å². The van der Waals surface area contributed by atoms with Crippen LogP contribution >= 0.6 is 11.6 Å². The van der Waals surface area contributed by atoms with Crippen LogP contribution in [0.3, 0.4) is 0 Å². The van der Waals surface area contributed by atoms with E-state index in [2.05, 4.69) is 34.2 Å². The van der Waals surface area contributed by atoms with Gasteiger partial charge in [0.25, 0.3) is 0 Å². The first-order valence-electron chi connectivity index (χ1n) is 6.51. The number of rotatable bonds is 6. The fourth-order valence-corrected chi connectivity index (χ4v) is 1.90. The highest BCUT2D eigenvalue weighted by Crippen LogP contribution is 2.20. The third-order valence-corrected chi connectivity index (χ3v) is 3.31. The first kappa shape index (κ1) is 14.0. The quantitative estimate of drug-likeness (QED) is 0.763. The van der Waals surface area contributed by atoms with Gasteiger partial charge in [0.1, 0.15) is 24.4 Å². The van der Waals surface area contributed by atoms with Crippen molar-refractivity contribution < 1.29 is 0 Å². The Morgan fingerprint density at radius 2 is 2.16 bits per heavy atom. The topological polar surface area (TPSA) is 61.4 Å².